The molecular weight excluding hydrogens is 330 g/mol. The van der Waals surface area contributed by atoms with E-state index in [1.54, 1.807) is 12.0 Å². The van der Waals surface area contributed by atoms with Crippen molar-refractivity contribution in [2.75, 3.05) is 39.8 Å². The third kappa shape index (κ3) is 4.18. The molecule has 1 atom stereocenters. The van der Waals surface area contributed by atoms with Crippen molar-refractivity contribution in [3.05, 3.63) is 29.8 Å². The summed E-state index contributed by atoms with van der Waals surface area (Å²) in [6.45, 7) is 5.96. The van der Waals surface area contributed by atoms with Gasteiger partial charge in [0.15, 0.2) is 0 Å². The first kappa shape index (κ1) is 18.7. The number of likely N-dealkylation sites (N-methyl/N-ethyl adjacent to an activating group) is 1. The van der Waals surface area contributed by atoms with Gasteiger partial charge in [0.2, 0.25) is 11.8 Å². The number of hydrogen-bond donors (Lipinski definition) is 0. The molecule has 6 nitrogen and oxygen atoms in total. The van der Waals surface area contributed by atoms with Crippen LogP contribution in [0.2, 0.25) is 0 Å². The third-order valence-electron chi connectivity index (χ3n) is 5.47. The van der Waals surface area contributed by atoms with E-state index in [0.29, 0.717) is 19.6 Å². The topological polar surface area (TPSA) is 53.1 Å². The maximum Gasteiger partial charge on any atom is 0.242 e. The fourth-order valence-corrected chi connectivity index (χ4v) is 3.88. The van der Waals surface area contributed by atoms with E-state index < -0.39 is 0 Å². The summed E-state index contributed by atoms with van der Waals surface area (Å²) in [6.07, 6.45) is 3.16. The average Bonchev–Trinajstić information content (AvgIpc) is 2.69. The highest BCUT2D eigenvalue weighted by molar-refractivity contribution is 5.88. The number of nitrogens with zero attached hydrogens (tertiary/aromatic N) is 3. The maximum absolute atomic E-state index is 12.9. The molecule has 26 heavy (non-hydrogen) atoms. The first-order chi connectivity index (χ1) is 12.6. The molecule has 3 rings (SSSR count). The lowest BCUT2D eigenvalue weighted by Crippen LogP contribution is -2.57. The Kier molecular flexibility index (Phi) is 6.14. The number of carbonyl (C=O) groups excluding carboxylic acids is 2. The zero-order valence-corrected chi connectivity index (χ0v) is 15.8. The minimum Gasteiger partial charge on any atom is -0.497 e. The highest BCUT2D eigenvalue weighted by Gasteiger charge is 2.34. The van der Waals surface area contributed by atoms with Crippen molar-refractivity contribution in [2.24, 2.45) is 0 Å². The number of likely N-dealkylation sites (tertiary alicyclic amines) is 1. The Balaban J connectivity index is 1.57. The summed E-state index contributed by atoms with van der Waals surface area (Å²) in [5.41, 5.74) is 1.07. The van der Waals surface area contributed by atoms with E-state index in [2.05, 4.69) is 11.8 Å². The van der Waals surface area contributed by atoms with Gasteiger partial charge in [-0.1, -0.05) is 25.5 Å². The van der Waals surface area contributed by atoms with E-state index in [0.717, 1.165) is 43.7 Å². The van der Waals surface area contributed by atoms with Gasteiger partial charge in [0.05, 0.1) is 19.7 Å². The molecule has 2 heterocycles. The SMILES string of the molecule is CCN1CCCC[C@H]1C(=O)N1CCN(Cc2ccc(OC)cc2)C(=O)C1. The quantitative estimate of drug-likeness (QED) is 0.804. The molecule has 0 unspecified atom stereocenters. The van der Waals surface area contributed by atoms with Crippen LogP contribution in [0.3, 0.4) is 0 Å². The number of piperazine rings is 1. The van der Waals surface area contributed by atoms with Crippen LogP contribution in [0.5, 0.6) is 5.75 Å². The van der Waals surface area contributed by atoms with Gasteiger partial charge in [-0.05, 0) is 43.6 Å². The summed E-state index contributed by atoms with van der Waals surface area (Å²) in [5, 5.41) is 0. The van der Waals surface area contributed by atoms with Crippen molar-refractivity contribution in [1.29, 1.82) is 0 Å². The van der Waals surface area contributed by atoms with Crippen LogP contribution < -0.4 is 4.74 Å². The maximum atomic E-state index is 12.9. The van der Waals surface area contributed by atoms with E-state index in [9.17, 15) is 9.59 Å². The molecule has 0 spiro atoms. The zero-order valence-electron chi connectivity index (χ0n) is 15.8. The smallest absolute Gasteiger partial charge is 0.242 e. The molecule has 0 saturated carbocycles. The molecule has 0 aliphatic carbocycles. The second-order valence-corrected chi connectivity index (χ2v) is 7.06. The zero-order chi connectivity index (χ0) is 18.5. The van der Waals surface area contributed by atoms with Gasteiger partial charge in [-0.2, -0.15) is 0 Å². The monoisotopic (exact) mass is 359 g/mol. The van der Waals surface area contributed by atoms with Crippen molar-refractivity contribution < 1.29 is 14.3 Å². The van der Waals surface area contributed by atoms with Crippen LogP contribution in [-0.2, 0) is 16.1 Å². The number of ether oxygens (including phenoxy) is 1. The van der Waals surface area contributed by atoms with Gasteiger partial charge in [-0.3, -0.25) is 14.5 Å². The molecule has 2 amide bonds. The standard InChI is InChI=1S/C20H29N3O3/c1-3-21-11-5-4-6-18(21)20(25)23-13-12-22(19(24)15-23)14-16-7-9-17(26-2)10-8-16/h7-10,18H,3-6,11-15H2,1-2H3/t18-/m0/s1. The predicted octanol–water partition coefficient (Wildman–Crippen LogP) is 1.74. The fourth-order valence-electron chi connectivity index (χ4n) is 3.88. The van der Waals surface area contributed by atoms with E-state index in [1.807, 2.05) is 29.2 Å². The van der Waals surface area contributed by atoms with E-state index in [4.69, 9.17) is 4.74 Å². The van der Waals surface area contributed by atoms with Gasteiger partial charge in [0, 0.05) is 19.6 Å². The molecule has 1 aromatic rings. The average molecular weight is 359 g/mol. The molecule has 0 bridgehead atoms. The number of hydrogen-bond acceptors (Lipinski definition) is 4. The molecule has 0 N–H and O–H groups in total. The second-order valence-electron chi connectivity index (χ2n) is 7.06. The van der Waals surface area contributed by atoms with Crippen molar-refractivity contribution in [1.82, 2.24) is 14.7 Å². The number of rotatable bonds is 5. The Morgan fingerprint density at radius 2 is 1.92 bits per heavy atom. The molecule has 0 radical (unpaired) electrons. The molecule has 6 heteroatoms. The number of methoxy groups -OCH3 is 1. The van der Waals surface area contributed by atoms with Crippen molar-refractivity contribution in [3.8, 4) is 5.75 Å². The number of benzene rings is 1. The van der Waals surface area contributed by atoms with Gasteiger partial charge >= 0.3 is 0 Å². The van der Waals surface area contributed by atoms with Crippen LogP contribution in [0.1, 0.15) is 31.7 Å². The Morgan fingerprint density at radius 1 is 1.15 bits per heavy atom. The van der Waals surface area contributed by atoms with Crippen molar-refractivity contribution in [3.63, 3.8) is 0 Å². The summed E-state index contributed by atoms with van der Waals surface area (Å²) in [4.78, 5) is 31.3. The van der Waals surface area contributed by atoms with Crippen LogP contribution in [0.4, 0.5) is 0 Å². The molecular formula is C20H29N3O3. The predicted molar refractivity (Wildman–Crippen MR) is 99.9 cm³/mol. The van der Waals surface area contributed by atoms with Crippen LogP contribution >= 0.6 is 0 Å². The molecule has 2 saturated heterocycles. The molecule has 142 valence electrons. The lowest BCUT2D eigenvalue weighted by atomic mass is 10.0. The van der Waals surface area contributed by atoms with E-state index in [-0.39, 0.29) is 24.4 Å². The number of piperidine rings is 1. The first-order valence-corrected chi connectivity index (χ1v) is 9.56. The molecule has 0 aromatic heterocycles. The Hall–Kier alpha value is -2.08. The lowest BCUT2D eigenvalue weighted by Gasteiger charge is -2.40. The Morgan fingerprint density at radius 3 is 2.58 bits per heavy atom. The second kappa shape index (κ2) is 8.54. The molecule has 1 aromatic carbocycles. The Bertz CT molecular complexity index is 632. The van der Waals surface area contributed by atoms with E-state index in [1.165, 1.54) is 0 Å². The molecule has 2 fully saturated rings. The van der Waals surface area contributed by atoms with Gasteiger partial charge in [-0.15, -0.1) is 0 Å². The van der Waals surface area contributed by atoms with Gasteiger partial charge in [0.1, 0.15) is 5.75 Å². The van der Waals surface area contributed by atoms with Gasteiger partial charge in [0.25, 0.3) is 0 Å². The van der Waals surface area contributed by atoms with E-state index >= 15 is 0 Å². The van der Waals surface area contributed by atoms with Crippen LogP contribution in [0.15, 0.2) is 24.3 Å². The summed E-state index contributed by atoms with van der Waals surface area (Å²) in [7, 11) is 1.64. The number of amides is 2. The first-order valence-electron chi connectivity index (χ1n) is 9.56. The van der Waals surface area contributed by atoms with Gasteiger partial charge < -0.3 is 14.5 Å². The third-order valence-corrected chi connectivity index (χ3v) is 5.47. The Labute approximate surface area is 155 Å². The normalized spacial score (nSPS) is 21.8. The largest absolute Gasteiger partial charge is 0.497 e. The van der Waals surface area contributed by atoms with Crippen LogP contribution in [0, 0.1) is 0 Å². The van der Waals surface area contributed by atoms with Crippen molar-refractivity contribution >= 4 is 11.8 Å². The molecule has 2 aliphatic rings. The highest BCUT2D eigenvalue weighted by Crippen LogP contribution is 2.20. The van der Waals surface area contributed by atoms with Gasteiger partial charge in [-0.25, -0.2) is 0 Å². The minimum atomic E-state index is -0.0466. The number of carbonyl (C=O) groups is 2. The highest BCUT2D eigenvalue weighted by atomic mass is 16.5. The van der Waals surface area contributed by atoms with Crippen molar-refractivity contribution in [2.45, 2.75) is 38.8 Å². The summed E-state index contributed by atoms with van der Waals surface area (Å²) < 4.78 is 5.17. The summed E-state index contributed by atoms with van der Waals surface area (Å²) >= 11 is 0. The molecule has 2 aliphatic heterocycles. The minimum absolute atomic E-state index is 0.0271. The van der Waals surface area contributed by atoms with Crippen LogP contribution in [-0.4, -0.2) is 72.4 Å². The van der Waals surface area contributed by atoms with Crippen LogP contribution in [0.25, 0.3) is 0 Å². The summed E-state index contributed by atoms with van der Waals surface area (Å²) in [6, 6.07) is 7.72. The fraction of sp³-hybridized carbons (Fsp3) is 0.600. The summed E-state index contributed by atoms with van der Waals surface area (Å²) in [5.74, 6) is 0.965. The lowest BCUT2D eigenvalue weighted by molar-refractivity contribution is -0.149.